The van der Waals surface area contributed by atoms with E-state index in [9.17, 15) is 0 Å². The molecule has 1 aromatic carbocycles. The van der Waals surface area contributed by atoms with Crippen molar-refractivity contribution in [3.05, 3.63) is 35.5 Å². The Morgan fingerprint density at radius 1 is 1.38 bits per heavy atom. The first-order valence-electron chi connectivity index (χ1n) is 8.91. The number of nitrogens with two attached hydrogens (primary N) is 1. The summed E-state index contributed by atoms with van der Waals surface area (Å²) >= 11 is 0. The smallest absolute Gasteiger partial charge is 0.151 e. The quantitative estimate of drug-likeness (QED) is 0.634. The van der Waals surface area contributed by atoms with Crippen molar-refractivity contribution >= 4 is 17.2 Å². The minimum Gasteiger partial charge on any atom is -0.491 e. The van der Waals surface area contributed by atoms with Gasteiger partial charge in [-0.1, -0.05) is 0 Å². The van der Waals surface area contributed by atoms with Crippen molar-refractivity contribution in [3.63, 3.8) is 0 Å². The summed E-state index contributed by atoms with van der Waals surface area (Å²) in [5.41, 5.74) is 8.37. The maximum absolute atomic E-state index is 8.66. The molecule has 0 spiro atoms. The molecule has 2 aromatic rings. The standard InChI is InChI=1S/C19H27N5O2/c1-12(2)26-14-5-6-16(20)15(9-14)19(21)17-10-18(22-23(17)4)24-7-8-25-13(3)11-24/h5-6,9-10,12-13,21H,7-8,11,20H2,1-4H3/t13-/m1/s1. The zero-order valence-corrected chi connectivity index (χ0v) is 15.8. The van der Waals surface area contributed by atoms with E-state index >= 15 is 0 Å². The monoisotopic (exact) mass is 357 g/mol. The first-order valence-corrected chi connectivity index (χ1v) is 8.91. The molecular formula is C19H27N5O2. The summed E-state index contributed by atoms with van der Waals surface area (Å²) in [6.45, 7) is 8.28. The third kappa shape index (κ3) is 3.83. The maximum atomic E-state index is 8.66. The van der Waals surface area contributed by atoms with E-state index in [-0.39, 0.29) is 12.2 Å². The van der Waals surface area contributed by atoms with Crippen LogP contribution >= 0.6 is 0 Å². The molecule has 3 rings (SSSR count). The summed E-state index contributed by atoms with van der Waals surface area (Å²) in [6, 6.07) is 7.37. The summed E-state index contributed by atoms with van der Waals surface area (Å²) in [5, 5.41) is 13.2. The molecule has 7 nitrogen and oxygen atoms in total. The second-order valence-electron chi connectivity index (χ2n) is 6.93. The Bertz CT molecular complexity index is 799. The predicted molar refractivity (Wildman–Crippen MR) is 103 cm³/mol. The first-order chi connectivity index (χ1) is 12.3. The van der Waals surface area contributed by atoms with Gasteiger partial charge in [0.05, 0.1) is 30.2 Å². The van der Waals surface area contributed by atoms with Crippen LogP contribution in [0.3, 0.4) is 0 Å². The highest BCUT2D eigenvalue weighted by Gasteiger charge is 2.22. The summed E-state index contributed by atoms with van der Waals surface area (Å²) in [5.74, 6) is 1.56. The average Bonchev–Trinajstić information content (AvgIpc) is 2.97. The van der Waals surface area contributed by atoms with Gasteiger partial charge in [-0.25, -0.2) is 0 Å². The van der Waals surface area contributed by atoms with Crippen molar-refractivity contribution in [1.82, 2.24) is 9.78 Å². The zero-order chi connectivity index (χ0) is 18.8. The van der Waals surface area contributed by atoms with Crippen LogP contribution in [0.5, 0.6) is 5.75 Å². The van der Waals surface area contributed by atoms with Crippen LogP contribution in [0.1, 0.15) is 32.0 Å². The fourth-order valence-corrected chi connectivity index (χ4v) is 3.10. The Morgan fingerprint density at radius 3 is 2.85 bits per heavy atom. The Morgan fingerprint density at radius 2 is 2.15 bits per heavy atom. The van der Waals surface area contributed by atoms with E-state index < -0.39 is 0 Å². The number of aromatic nitrogens is 2. The molecule has 1 aromatic heterocycles. The van der Waals surface area contributed by atoms with Gasteiger partial charge in [0, 0.05) is 37.5 Å². The number of hydrogen-bond donors (Lipinski definition) is 2. The highest BCUT2D eigenvalue weighted by molar-refractivity contribution is 6.13. The van der Waals surface area contributed by atoms with Gasteiger partial charge in [-0.05, 0) is 39.0 Å². The Kier molecular flexibility index (Phi) is 5.18. The van der Waals surface area contributed by atoms with Crippen LogP contribution < -0.4 is 15.4 Å². The van der Waals surface area contributed by atoms with E-state index in [0.717, 1.165) is 18.9 Å². The van der Waals surface area contributed by atoms with Gasteiger partial charge in [-0.3, -0.25) is 10.1 Å². The van der Waals surface area contributed by atoms with E-state index in [1.165, 1.54) is 0 Å². The van der Waals surface area contributed by atoms with Crippen LogP contribution in [-0.2, 0) is 11.8 Å². The lowest BCUT2D eigenvalue weighted by atomic mass is 10.0. The summed E-state index contributed by atoms with van der Waals surface area (Å²) in [7, 11) is 1.85. The molecule has 0 bridgehead atoms. The van der Waals surface area contributed by atoms with Crippen LogP contribution in [0.4, 0.5) is 11.5 Å². The van der Waals surface area contributed by atoms with Gasteiger partial charge >= 0.3 is 0 Å². The van der Waals surface area contributed by atoms with Crippen LogP contribution in [0, 0.1) is 5.41 Å². The SMILES string of the molecule is CC(C)Oc1ccc(N)c(C(=N)c2cc(N3CCO[C@H](C)C3)nn2C)c1. The molecule has 1 atom stereocenters. The number of nitrogens with one attached hydrogen (secondary N) is 1. The van der Waals surface area contributed by atoms with Crippen LogP contribution in [0.15, 0.2) is 24.3 Å². The zero-order valence-electron chi connectivity index (χ0n) is 15.8. The molecule has 0 aliphatic carbocycles. The van der Waals surface area contributed by atoms with Crippen molar-refractivity contribution in [3.8, 4) is 5.75 Å². The highest BCUT2D eigenvalue weighted by atomic mass is 16.5. The number of nitrogen functional groups attached to an aromatic ring is 1. The number of anilines is 2. The summed E-state index contributed by atoms with van der Waals surface area (Å²) < 4.78 is 13.1. The second kappa shape index (κ2) is 7.37. The summed E-state index contributed by atoms with van der Waals surface area (Å²) in [6.07, 6.45) is 0.237. The Hall–Kier alpha value is -2.54. The average molecular weight is 357 g/mol. The topological polar surface area (TPSA) is 89.4 Å². The van der Waals surface area contributed by atoms with E-state index in [2.05, 4.69) is 16.9 Å². The lowest BCUT2D eigenvalue weighted by Gasteiger charge is -2.31. The van der Waals surface area contributed by atoms with Crippen molar-refractivity contribution in [2.75, 3.05) is 30.3 Å². The normalized spacial score (nSPS) is 17.6. The molecule has 0 radical (unpaired) electrons. The predicted octanol–water partition coefficient (Wildman–Crippen LogP) is 2.43. The van der Waals surface area contributed by atoms with Crippen molar-refractivity contribution in [2.24, 2.45) is 7.05 Å². The minimum absolute atomic E-state index is 0.0623. The van der Waals surface area contributed by atoms with Gasteiger partial charge in [0.1, 0.15) is 5.75 Å². The number of nitrogens with zero attached hydrogens (tertiary/aromatic N) is 3. The number of rotatable bonds is 5. The molecular weight excluding hydrogens is 330 g/mol. The van der Waals surface area contributed by atoms with Gasteiger partial charge in [0.2, 0.25) is 0 Å². The molecule has 0 saturated carbocycles. The fourth-order valence-electron chi connectivity index (χ4n) is 3.10. The lowest BCUT2D eigenvalue weighted by molar-refractivity contribution is 0.0529. The third-order valence-electron chi connectivity index (χ3n) is 4.35. The van der Waals surface area contributed by atoms with Gasteiger partial charge in [0.25, 0.3) is 0 Å². The van der Waals surface area contributed by atoms with E-state index in [1.807, 2.05) is 39.1 Å². The summed E-state index contributed by atoms with van der Waals surface area (Å²) in [4.78, 5) is 2.19. The first kappa shape index (κ1) is 18.3. The van der Waals surface area contributed by atoms with Crippen molar-refractivity contribution < 1.29 is 9.47 Å². The van der Waals surface area contributed by atoms with Crippen LogP contribution in [-0.4, -0.2) is 47.4 Å². The molecule has 2 heterocycles. The third-order valence-corrected chi connectivity index (χ3v) is 4.35. The second-order valence-corrected chi connectivity index (χ2v) is 6.93. The number of hydrogen-bond acceptors (Lipinski definition) is 6. The lowest BCUT2D eigenvalue weighted by Crippen LogP contribution is -2.41. The van der Waals surface area contributed by atoms with Crippen molar-refractivity contribution in [1.29, 1.82) is 5.41 Å². The van der Waals surface area contributed by atoms with E-state index in [4.69, 9.17) is 20.6 Å². The minimum atomic E-state index is 0.0623. The number of ether oxygens (including phenoxy) is 2. The van der Waals surface area contributed by atoms with Gasteiger partial charge in [0.15, 0.2) is 5.82 Å². The number of aryl methyl sites for hydroxylation is 1. The molecule has 0 amide bonds. The van der Waals surface area contributed by atoms with Gasteiger partial charge < -0.3 is 20.1 Å². The van der Waals surface area contributed by atoms with Gasteiger partial charge in [-0.15, -0.1) is 0 Å². The molecule has 0 unspecified atom stereocenters. The Balaban J connectivity index is 1.88. The number of morpholine rings is 1. The number of benzene rings is 1. The maximum Gasteiger partial charge on any atom is 0.151 e. The van der Waals surface area contributed by atoms with Crippen LogP contribution in [0.2, 0.25) is 0 Å². The molecule has 140 valence electrons. The molecule has 3 N–H and O–H groups in total. The van der Waals surface area contributed by atoms with Crippen molar-refractivity contribution in [2.45, 2.75) is 33.0 Å². The largest absolute Gasteiger partial charge is 0.491 e. The van der Waals surface area contributed by atoms with E-state index in [0.29, 0.717) is 35.0 Å². The molecule has 1 aliphatic heterocycles. The molecule has 1 fully saturated rings. The van der Waals surface area contributed by atoms with Gasteiger partial charge in [-0.2, -0.15) is 5.10 Å². The highest BCUT2D eigenvalue weighted by Crippen LogP contribution is 2.25. The molecule has 1 aliphatic rings. The fraction of sp³-hybridized carbons (Fsp3) is 0.474. The molecule has 1 saturated heterocycles. The van der Waals surface area contributed by atoms with Crippen LogP contribution in [0.25, 0.3) is 0 Å². The Labute approximate surface area is 154 Å². The van der Waals surface area contributed by atoms with E-state index in [1.54, 1.807) is 10.7 Å². The molecule has 7 heteroatoms. The molecule has 26 heavy (non-hydrogen) atoms.